The van der Waals surface area contributed by atoms with Crippen LogP contribution >= 0.6 is 0 Å². The van der Waals surface area contributed by atoms with E-state index in [0.717, 1.165) is 55.8 Å². The van der Waals surface area contributed by atoms with E-state index in [1.807, 2.05) is 48.5 Å². The fraction of sp³-hybridized carbons (Fsp3) is 0.0727. The van der Waals surface area contributed by atoms with Gasteiger partial charge in [0.2, 0.25) is 11.6 Å². The lowest BCUT2D eigenvalue weighted by molar-refractivity contribution is 0.871. The van der Waals surface area contributed by atoms with Crippen LogP contribution in [0.4, 0.5) is 17.1 Å². The van der Waals surface area contributed by atoms with E-state index in [-0.39, 0.29) is 5.43 Å². The van der Waals surface area contributed by atoms with E-state index >= 15 is 0 Å². The third-order valence-electron chi connectivity index (χ3n) is 12.8. The van der Waals surface area contributed by atoms with Crippen molar-refractivity contribution >= 4 is 67.7 Å². The molecule has 1 aliphatic heterocycles. The molecule has 0 radical (unpaired) electrons. The van der Waals surface area contributed by atoms with Gasteiger partial charge in [-0.3, -0.25) is 4.79 Å². The van der Waals surface area contributed by atoms with Gasteiger partial charge < -0.3 is 9.47 Å². The van der Waals surface area contributed by atoms with E-state index in [1.165, 1.54) is 32.1 Å². The molecule has 0 bridgehead atoms. The number of hydrogen-bond donors (Lipinski definition) is 0. The molecule has 10 aromatic rings. The number of hydrogen-bond acceptors (Lipinski definition) is 6. The molecule has 1 aliphatic rings. The van der Waals surface area contributed by atoms with Gasteiger partial charge in [-0.15, -0.1) is 20.4 Å². The summed E-state index contributed by atoms with van der Waals surface area (Å²) in [5, 5.41) is 25.7. The summed E-state index contributed by atoms with van der Waals surface area (Å²) >= 11 is 0. The van der Waals surface area contributed by atoms with Gasteiger partial charge in [-0.25, -0.2) is 0 Å². The largest absolute Gasteiger partial charge is 0.311 e. The maximum Gasteiger partial charge on any atom is 0.204 e. The normalized spacial score (nSPS) is 12.9. The third kappa shape index (κ3) is 5.90. The second kappa shape index (κ2) is 15.0. The van der Waals surface area contributed by atoms with Crippen molar-refractivity contribution in [1.82, 2.24) is 25.0 Å². The molecule has 302 valence electrons. The highest BCUT2D eigenvalue weighted by Crippen LogP contribution is 2.41. The zero-order valence-corrected chi connectivity index (χ0v) is 36.4. The minimum atomic E-state index is -2.72. The fourth-order valence-corrected chi connectivity index (χ4v) is 15.3. The van der Waals surface area contributed by atoms with Crippen LogP contribution in [0, 0.1) is 27.7 Å². The molecule has 0 saturated heterocycles. The van der Waals surface area contributed by atoms with E-state index in [0.29, 0.717) is 22.4 Å². The van der Waals surface area contributed by atoms with Crippen LogP contribution in [0.1, 0.15) is 22.3 Å². The Kier molecular flexibility index (Phi) is 9.06. The lowest BCUT2D eigenvalue weighted by Gasteiger charge is -2.45. The van der Waals surface area contributed by atoms with Gasteiger partial charge in [-0.05, 0) is 131 Å². The number of pyridine rings is 1. The standard InChI is InChI=1S/C55H42N6OSi/c1-35-31-39(60-45-25-13-11-23-43(45)53(62)44-24-12-14-26-46(44)60)32-36(2)51(35)54-56-58-55(59-57-54)52-37(3)33-40(34-38(52)4)61-47-27-15-17-29-49(47)63(41-19-7-5-8-20-41,42-21-9-6-10-22-42)50-30-18-16-28-48(50)61/h5-34H,1-4H3. The van der Waals surface area contributed by atoms with Crippen LogP contribution in [-0.4, -0.2) is 33.0 Å². The van der Waals surface area contributed by atoms with Crippen molar-refractivity contribution in [3.8, 4) is 28.5 Å². The highest BCUT2D eigenvalue weighted by atomic mass is 28.3. The first-order valence-corrected chi connectivity index (χ1v) is 23.3. The van der Waals surface area contributed by atoms with Crippen LogP contribution in [0.25, 0.3) is 50.3 Å². The Labute approximate surface area is 366 Å². The van der Waals surface area contributed by atoms with Gasteiger partial charge in [0, 0.05) is 44.6 Å². The minimum Gasteiger partial charge on any atom is -0.311 e. The summed E-state index contributed by atoms with van der Waals surface area (Å²) in [6, 6.07) is 64.4. The first kappa shape index (κ1) is 38.1. The van der Waals surface area contributed by atoms with E-state index in [2.05, 4.69) is 171 Å². The Morgan fingerprint density at radius 3 is 1.22 bits per heavy atom. The van der Waals surface area contributed by atoms with Crippen molar-refractivity contribution in [1.29, 1.82) is 0 Å². The maximum absolute atomic E-state index is 13.5. The molecule has 2 aromatic heterocycles. The summed E-state index contributed by atoms with van der Waals surface area (Å²) in [5.74, 6) is 0.949. The zero-order chi connectivity index (χ0) is 42.8. The van der Waals surface area contributed by atoms with Crippen molar-refractivity contribution in [2.75, 3.05) is 4.90 Å². The third-order valence-corrected chi connectivity index (χ3v) is 17.6. The molecule has 3 heterocycles. The van der Waals surface area contributed by atoms with Crippen LogP contribution in [0.3, 0.4) is 0 Å². The lowest BCUT2D eigenvalue weighted by atomic mass is 9.99. The number of aromatic nitrogens is 5. The Morgan fingerprint density at radius 2 is 0.778 bits per heavy atom. The lowest BCUT2D eigenvalue weighted by Crippen LogP contribution is -2.77. The van der Waals surface area contributed by atoms with E-state index < -0.39 is 8.07 Å². The number of benzene rings is 8. The molecule has 11 rings (SSSR count). The molecule has 0 amide bonds. The SMILES string of the molecule is Cc1cc(N2c3ccccc3[Si](c3ccccc3)(c3ccccc3)c3ccccc32)cc(C)c1-c1nnc(-c2c(C)cc(-n3c4ccccc4c(=O)c4ccccc43)cc2C)nn1. The summed E-state index contributed by atoms with van der Waals surface area (Å²) in [6.07, 6.45) is 0. The maximum atomic E-state index is 13.5. The molecular weight excluding hydrogens is 789 g/mol. The second-order valence-corrected chi connectivity index (χ2v) is 20.2. The zero-order valence-electron chi connectivity index (χ0n) is 35.4. The molecule has 7 nitrogen and oxygen atoms in total. The summed E-state index contributed by atoms with van der Waals surface area (Å²) in [6.45, 7) is 8.36. The monoisotopic (exact) mass is 830 g/mol. The number of rotatable bonds is 6. The van der Waals surface area contributed by atoms with Crippen LogP contribution in [0.15, 0.2) is 187 Å². The van der Waals surface area contributed by atoms with Gasteiger partial charge in [0.05, 0.1) is 11.0 Å². The summed E-state index contributed by atoms with van der Waals surface area (Å²) < 4.78 is 2.16. The van der Waals surface area contributed by atoms with Crippen molar-refractivity contribution in [3.05, 3.63) is 214 Å². The van der Waals surface area contributed by atoms with Crippen molar-refractivity contribution in [2.45, 2.75) is 27.7 Å². The Hall–Kier alpha value is -7.81. The molecule has 8 aromatic carbocycles. The molecule has 8 heteroatoms. The van der Waals surface area contributed by atoms with E-state index in [9.17, 15) is 4.79 Å². The Morgan fingerprint density at radius 1 is 0.413 bits per heavy atom. The molecule has 0 unspecified atom stereocenters. The summed E-state index contributed by atoms with van der Waals surface area (Å²) in [7, 11) is -2.72. The number of nitrogens with zero attached hydrogens (tertiary/aromatic N) is 6. The first-order valence-electron chi connectivity index (χ1n) is 21.3. The van der Waals surface area contributed by atoms with Gasteiger partial charge in [0.15, 0.2) is 13.5 Å². The van der Waals surface area contributed by atoms with Crippen molar-refractivity contribution < 1.29 is 0 Å². The molecule has 0 fully saturated rings. The number of para-hydroxylation sites is 4. The molecule has 0 N–H and O–H groups in total. The van der Waals surface area contributed by atoms with Crippen LogP contribution in [0.2, 0.25) is 0 Å². The highest BCUT2D eigenvalue weighted by Gasteiger charge is 2.48. The van der Waals surface area contributed by atoms with Crippen LogP contribution in [0.5, 0.6) is 0 Å². The highest BCUT2D eigenvalue weighted by molar-refractivity contribution is 7.21. The Bertz CT molecular complexity index is 3280. The predicted octanol–water partition coefficient (Wildman–Crippen LogP) is 9.45. The van der Waals surface area contributed by atoms with Gasteiger partial charge in [0.1, 0.15) is 0 Å². The summed E-state index contributed by atoms with van der Waals surface area (Å²) in [5.41, 5.74) is 12.0. The van der Waals surface area contributed by atoms with Crippen LogP contribution < -0.4 is 31.1 Å². The molecule has 0 spiro atoms. The fourth-order valence-electron chi connectivity index (χ4n) is 10.2. The van der Waals surface area contributed by atoms with E-state index in [4.69, 9.17) is 20.4 Å². The van der Waals surface area contributed by atoms with Crippen molar-refractivity contribution in [2.24, 2.45) is 0 Å². The number of anilines is 3. The molecule has 0 saturated carbocycles. The molecular formula is C55H42N6OSi. The topological polar surface area (TPSA) is 76.8 Å². The van der Waals surface area contributed by atoms with Gasteiger partial charge in [0.25, 0.3) is 0 Å². The molecule has 0 atom stereocenters. The second-order valence-electron chi connectivity index (χ2n) is 16.5. The molecule has 63 heavy (non-hydrogen) atoms. The minimum absolute atomic E-state index is 0.0330. The average molecular weight is 831 g/mol. The predicted molar refractivity (Wildman–Crippen MR) is 260 cm³/mol. The Balaban J connectivity index is 0.982. The van der Waals surface area contributed by atoms with E-state index in [1.54, 1.807) is 0 Å². The number of aryl methyl sites for hydroxylation is 4. The smallest absolute Gasteiger partial charge is 0.204 e. The molecule has 0 aliphatic carbocycles. The average Bonchev–Trinajstić information content (AvgIpc) is 3.31. The van der Waals surface area contributed by atoms with Gasteiger partial charge >= 0.3 is 0 Å². The van der Waals surface area contributed by atoms with Crippen LogP contribution in [-0.2, 0) is 0 Å². The summed E-state index contributed by atoms with van der Waals surface area (Å²) in [4.78, 5) is 15.9. The van der Waals surface area contributed by atoms with Gasteiger partial charge in [-0.2, -0.15) is 0 Å². The first-order chi connectivity index (χ1) is 30.8. The quantitative estimate of drug-likeness (QED) is 0.123. The number of fused-ring (bicyclic) bond motifs is 4. The van der Waals surface area contributed by atoms with Crippen molar-refractivity contribution in [3.63, 3.8) is 0 Å². The van der Waals surface area contributed by atoms with Gasteiger partial charge in [-0.1, -0.05) is 121 Å².